The van der Waals surface area contributed by atoms with Crippen LogP contribution < -0.4 is 14.8 Å². The molecular formula is C17H16FN3O4S2. The molecule has 10 heteroatoms. The van der Waals surface area contributed by atoms with Crippen molar-refractivity contribution in [3.05, 3.63) is 65.0 Å². The van der Waals surface area contributed by atoms with Gasteiger partial charge in [0.05, 0.1) is 5.75 Å². The molecule has 1 fully saturated rings. The molecule has 27 heavy (non-hydrogen) atoms. The molecule has 3 N–H and O–H groups in total. The summed E-state index contributed by atoms with van der Waals surface area (Å²) >= 11 is 1.42. The van der Waals surface area contributed by atoms with Crippen molar-refractivity contribution in [2.45, 2.75) is 12.3 Å². The van der Waals surface area contributed by atoms with Crippen LogP contribution in [-0.4, -0.2) is 26.0 Å². The highest BCUT2D eigenvalue weighted by Crippen LogP contribution is 2.42. The molecule has 0 aromatic heterocycles. The first-order chi connectivity index (χ1) is 12.7. The van der Waals surface area contributed by atoms with Crippen molar-refractivity contribution < 1.29 is 22.4 Å². The maximum Gasteiger partial charge on any atom is 0.298 e. The summed E-state index contributed by atoms with van der Waals surface area (Å²) in [5, 5.41) is 4.49. The molecule has 1 atom stereocenters. The Morgan fingerprint density at radius 3 is 2.52 bits per heavy atom. The quantitative estimate of drug-likeness (QED) is 0.801. The number of carbonyl (C=O) groups excluding carboxylic acids is 2. The molecule has 1 heterocycles. The third-order valence-electron chi connectivity index (χ3n) is 3.98. The standard InChI is InChI=1S/C17H16FN3O4S2/c1-10-8-12(16(23)20-27(19,24)25)4-7-14(10)21-15(22)9-26-17(21)11-2-5-13(18)6-3-11/h2-8,17H,9H2,1H3,(H,20,23)(H2,19,24,25). The summed E-state index contributed by atoms with van der Waals surface area (Å²) in [6.07, 6.45) is 0. The predicted molar refractivity (Wildman–Crippen MR) is 101 cm³/mol. The average molecular weight is 409 g/mol. The van der Waals surface area contributed by atoms with Gasteiger partial charge in [-0.15, -0.1) is 11.8 Å². The van der Waals surface area contributed by atoms with E-state index in [1.54, 1.807) is 34.7 Å². The molecule has 1 aliphatic rings. The largest absolute Gasteiger partial charge is 0.298 e. The van der Waals surface area contributed by atoms with Gasteiger partial charge in [0.15, 0.2) is 0 Å². The normalized spacial score (nSPS) is 17.2. The van der Waals surface area contributed by atoms with E-state index in [1.165, 1.54) is 36.0 Å². The summed E-state index contributed by atoms with van der Waals surface area (Å²) in [4.78, 5) is 26.0. The lowest BCUT2D eigenvalue weighted by molar-refractivity contribution is -0.115. The summed E-state index contributed by atoms with van der Waals surface area (Å²) in [7, 11) is -4.17. The third kappa shape index (κ3) is 4.29. The molecule has 7 nitrogen and oxygen atoms in total. The van der Waals surface area contributed by atoms with E-state index in [2.05, 4.69) is 0 Å². The van der Waals surface area contributed by atoms with Crippen LogP contribution in [0.25, 0.3) is 0 Å². The zero-order chi connectivity index (χ0) is 19.8. The number of halogens is 1. The highest BCUT2D eigenvalue weighted by atomic mass is 32.2. The lowest BCUT2D eigenvalue weighted by Crippen LogP contribution is -2.36. The van der Waals surface area contributed by atoms with Crippen molar-refractivity contribution >= 4 is 39.5 Å². The Morgan fingerprint density at radius 1 is 1.26 bits per heavy atom. The van der Waals surface area contributed by atoms with Gasteiger partial charge in [0, 0.05) is 11.3 Å². The molecule has 3 rings (SSSR count). The van der Waals surface area contributed by atoms with Gasteiger partial charge >= 0.3 is 0 Å². The Morgan fingerprint density at radius 2 is 1.93 bits per heavy atom. The highest BCUT2D eigenvalue weighted by molar-refractivity contribution is 8.00. The van der Waals surface area contributed by atoms with E-state index in [-0.39, 0.29) is 28.4 Å². The number of nitrogens with two attached hydrogens (primary N) is 1. The second kappa shape index (κ2) is 7.29. The summed E-state index contributed by atoms with van der Waals surface area (Å²) in [5.74, 6) is -1.06. The van der Waals surface area contributed by atoms with Crippen molar-refractivity contribution in [2.75, 3.05) is 10.7 Å². The van der Waals surface area contributed by atoms with E-state index in [4.69, 9.17) is 5.14 Å². The Bertz CT molecular complexity index is 1010. The summed E-state index contributed by atoms with van der Waals surface area (Å²) in [6.45, 7) is 1.71. The molecule has 0 radical (unpaired) electrons. The van der Waals surface area contributed by atoms with Gasteiger partial charge in [0.1, 0.15) is 11.2 Å². The molecule has 1 aliphatic heterocycles. The van der Waals surface area contributed by atoms with Crippen LogP contribution >= 0.6 is 11.8 Å². The van der Waals surface area contributed by atoms with E-state index in [0.717, 1.165) is 5.56 Å². The lowest BCUT2D eigenvalue weighted by atomic mass is 10.1. The van der Waals surface area contributed by atoms with Crippen LogP contribution in [0.2, 0.25) is 0 Å². The smallest absolute Gasteiger partial charge is 0.295 e. The number of amides is 2. The van der Waals surface area contributed by atoms with Gasteiger partial charge in [0.2, 0.25) is 5.91 Å². The number of nitrogens with one attached hydrogen (secondary N) is 1. The molecule has 0 saturated carbocycles. The topological polar surface area (TPSA) is 110 Å². The van der Waals surface area contributed by atoms with Crippen LogP contribution in [-0.2, 0) is 15.0 Å². The molecule has 142 valence electrons. The first-order valence-electron chi connectivity index (χ1n) is 7.80. The Balaban J connectivity index is 1.93. The van der Waals surface area contributed by atoms with Crippen molar-refractivity contribution in [3.8, 4) is 0 Å². The van der Waals surface area contributed by atoms with Crippen LogP contribution in [0.1, 0.15) is 26.9 Å². The van der Waals surface area contributed by atoms with Gasteiger partial charge in [-0.3, -0.25) is 14.5 Å². The van der Waals surface area contributed by atoms with E-state index in [9.17, 15) is 22.4 Å². The Kier molecular flexibility index (Phi) is 5.22. The van der Waals surface area contributed by atoms with Crippen molar-refractivity contribution in [1.82, 2.24) is 4.72 Å². The van der Waals surface area contributed by atoms with E-state index < -0.39 is 16.1 Å². The summed E-state index contributed by atoms with van der Waals surface area (Å²) < 4.78 is 36.9. The van der Waals surface area contributed by atoms with Crippen LogP contribution in [0.15, 0.2) is 42.5 Å². The number of hydrogen-bond acceptors (Lipinski definition) is 5. The molecule has 2 aromatic carbocycles. The first-order valence-corrected chi connectivity index (χ1v) is 10.4. The Labute approximate surface area is 159 Å². The van der Waals surface area contributed by atoms with Gasteiger partial charge in [-0.1, -0.05) is 12.1 Å². The molecule has 0 bridgehead atoms. The second-order valence-corrected chi connectivity index (χ2v) is 8.32. The lowest BCUT2D eigenvalue weighted by Gasteiger charge is -2.26. The van der Waals surface area contributed by atoms with Crippen LogP contribution in [0.4, 0.5) is 10.1 Å². The molecule has 0 spiro atoms. The molecular weight excluding hydrogens is 393 g/mol. The number of benzene rings is 2. The number of aryl methyl sites for hydroxylation is 1. The molecule has 0 aliphatic carbocycles. The fourth-order valence-electron chi connectivity index (χ4n) is 2.81. The zero-order valence-electron chi connectivity index (χ0n) is 14.2. The molecule has 1 saturated heterocycles. The third-order valence-corrected chi connectivity index (χ3v) is 5.66. The van der Waals surface area contributed by atoms with Crippen LogP contribution in [0.5, 0.6) is 0 Å². The summed E-state index contributed by atoms with van der Waals surface area (Å²) in [6, 6.07) is 10.4. The number of rotatable bonds is 4. The number of anilines is 1. The van der Waals surface area contributed by atoms with E-state index in [1.807, 2.05) is 0 Å². The van der Waals surface area contributed by atoms with Gasteiger partial charge in [-0.25, -0.2) is 14.3 Å². The number of carbonyl (C=O) groups is 2. The number of nitrogens with zero attached hydrogens (tertiary/aromatic N) is 1. The minimum Gasteiger partial charge on any atom is -0.295 e. The van der Waals surface area contributed by atoms with Gasteiger partial charge < -0.3 is 0 Å². The Hall–Kier alpha value is -2.43. The fourth-order valence-corrected chi connectivity index (χ4v) is 4.36. The van der Waals surface area contributed by atoms with Gasteiger partial charge in [-0.2, -0.15) is 8.42 Å². The van der Waals surface area contributed by atoms with Crippen molar-refractivity contribution in [2.24, 2.45) is 5.14 Å². The van der Waals surface area contributed by atoms with Crippen molar-refractivity contribution in [1.29, 1.82) is 0 Å². The van der Waals surface area contributed by atoms with Crippen LogP contribution in [0, 0.1) is 12.7 Å². The molecule has 2 amide bonds. The SMILES string of the molecule is Cc1cc(C(=O)NS(N)(=O)=O)ccc1N1C(=O)CSC1c1ccc(F)cc1. The number of hydrogen-bond donors (Lipinski definition) is 2. The monoisotopic (exact) mass is 409 g/mol. The van der Waals surface area contributed by atoms with E-state index in [0.29, 0.717) is 11.3 Å². The van der Waals surface area contributed by atoms with Crippen molar-refractivity contribution in [3.63, 3.8) is 0 Å². The highest BCUT2D eigenvalue weighted by Gasteiger charge is 2.35. The van der Waals surface area contributed by atoms with E-state index >= 15 is 0 Å². The van der Waals surface area contributed by atoms with Gasteiger partial charge in [-0.05, 0) is 48.4 Å². The first kappa shape index (κ1) is 19.3. The summed E-state index contributed by atoms with van der Waals surface area (Å²) in [5.41, 5.74) is 2.08. The average Bonchev–Trinajstić information content (AvgIpc) is 2.95. The minimum absolute atomic E-state index is 0.0999. The van der Waals surface area contributed by atoms with Crippen LogP contribution in [0.3, 0.4) is 0 Å². The fraction of sp³-hybridized carbons (Fsp3) is 0.176. The maximum atomic E-state index is 13.2. The predicted octanol–water partition coefficient (Wildman–Crippen LogP) is 1.85. The minimum atomic E-state index is -4.17. The maximum absolute atomic E-state index is 13.2. The number of thioether (sulfide) groups is 1. The second-order valence-electron chi connectivity index (χ2n) is 5.96. The molecule has 1 unspecified atom stereocenters. The zero-order valence-corrected chi connectivity index (χ0v) is 15.8. The van der Waals surface area contributed by atoms with Gasteiger partial charge in [0.25, 0.3) is 16.1 Å². The molecule has 2 aromatic rings.